The third-order valence-corrected chi connectivity index (χ3v) is 7.92. The number of nitriles is 3. The average Bonchev–Trinajstić information content (AvgIpc) is 3.78. The van der Waals surface area contributed by atoms with Crippen LogP contribution < -0.4 is 21.6 Å². The average molecular weight is 586 g/mol. The lowest BCUT2D eigenvalue weighted by atomic mass is 9.99. The summed E-state index contributed by atoms with van der Waals surface area (Å²) in [6.45, 7) is 0. The summed E-state index contributed by atoms with van der Waals surface area (Å²) >= 11 is 6.83. The van der Waals surface area contributed by atoms with Crippen LogP contribution in [0.5, 0.6) is 0 Å². The molecule has 1 saturated carbocycles. The van der Waals surface area contributed by atoms with Gasteiger partial charge in [-0.05, 0) is 54.7 Å². The standard InChI is InChI=1S/C33H28ClN9/c34-28-16-25(39-32(23-9-4-6-21(14-23)17-36)30-20-43(42-41-30)26-11-12-26)15-27-31(24(18-37)19-38-33(27)28)40-29(10-5-13-35)22-7-2-1-3-8-22/h1-4,6-9,14-16,19-20,26,29,32,39,41-42H,5,10-12H2,(H,38,40)/t29-,32?/m1/s1. The van der Waals surface area contributed by atoms with E-state index in [4.69, 9.17) is 11.6 Å². The lowest BCUT2D eigenvalue weighted by molar-refractivity contribution is 0.260. The number of halogens is 1. The van der Waals surface area contributed by atoms with Crippen molar-refractivity contribution in [2.75, 3.05) is 10.6 Å². The number of hydrazine groups is 2. The van der Waals surface area contributed by atoms with Crippen LogP contribution in [0, 0.1) is 34.0 Å². The Kier molecular flexibility index (Phi) is 7.98. The first-order chi connectivity index (χ1) is 21.1. The van der Waals surface area contributed by atoms with Gasteiger partial charge in [-0.1, -0.05) is 54.1 Å². The van der Waals surface area contributed by atoms with E-state index in [0.29, 0.717) is 57.3 Å². The molecule has 1 aliphatic heterocycles. The predicted molar refractivity (Wildman–Crippen MR) is 166 cm³/mol. The van der Waals surface area contributed by atoms with Crippen LogP contribution in [0.3, 0.4) is 0 Å². The first kappa shape index (κ1) is 27.9. The Morgan fingerprint density at radius 1 is 0.977 bits per heavy atom. The van der Waals surface area contributed by atoms with Gasteiger partial charge in [0.1, 0.15) is 6.07 Å². The molecule has 0 amide bonds. The molecule has 212 valence electrons. The van der Waals surface area contributed by atoms with Gasteiger partial charge < -0.3 is 16.1 Å². The monoisotopic (exact) mass is 585 g/mol. The Labute approximate surface area is 255 Å². The van der Waals surface area contributed by atoms with Gasteiger partial charge in [0, 0.05) is 35.9 Å². The number of anilines is 2. The third kappa shape index (κ3) is 6.03. The molecule has 3 aromatic carbocycles. The minimum atomic E-state index is -0.339. The third-order valence-electron chi connectivity index (χ3n) is 7.63. The van der Waals surface area contributed by atoms with E-state index >= 15 is 0 Å². The Morgan fingerprint density at radius 2 is 1.79 bits per heavy atom. The SMILES string of the molecule is N#CCC[C@@H](Nc1c(C#N)cnc2c(Cl)cc(NC(C3=CN(C4CC4)NN3)c3cccc(C#N)c3)cc12)c1ccccc1. The molecule has 0 bridgehead atoms. The van der Waals surface area contributed by atoms with Crippen molar-refractivity contribution in [2.45, 2.75) is 43.8 Å². The molecule has 10 heteroatoms. The van der Waals surface area contributed by atoms with Gasteiger partial charge in [-0.15, -0.1) is 5.53 Å². The lowest BCUT2D eigenvalue weighted by Crippen LogP contribution is -2.38. The molecule has 2 aliphatic rings. The smallest absolute Gasteiger partial charge is 0.103 e. The van der Waals surface area contributed by atoms with Crippen molar-refractivity contribution in [3.8, 4) is 18.2 Å². The van der Waals surface area contributed by atoms with E-state index in [0.717, 1.165) is 29.7 Å². The first-order valence-corrected chi connectivity index (χ1v) is 14.4. The number of hydrogen-bond acceptors (Lipinski definition) is 9. The number of fused-ring (bicyclic) bond motifs is 1. The summed E-state index contributed by atoms with van der Waals surface area (Å²) in [6, 6.07) is 27.8. The molecule has 2 heterocycles. The number of nitrogens with one attached hydrogen (secondary N) is 4. The summed E-state index contributed by atoms with van der Waals surface area (Å²) in [5.74, 6) is 0. The van der Waals surface area contributed by atoms with Crippen molar-refractivity contribution in [2.24, 2.45) is 0 Å². The van der Waals surface area contributed by atoms with Crippen LogP contribution in [0.25, 0.3) is 10.9 Å². The molecule has 0 spiro atoms. The molecule has 2 atom stereocenters. The second-order valence-corrected chi connectivity index (χ2v) is 11.0. The lowest BCUT2D eigenvalue weighted by Gasteiger charge is -2.24. The van der Waals surface area contributed by atoms with E-state index in [2.05, 4.69) is 56.0 Å². The molecule has 1 aromatic heterocycles. The Bertz CT molecular complexity index is 1810. The Balaban J connectivity index is 1.42. The molecule has 0 saturated heterocycles. The summed E-state index contributed by atoms with van der Waals surface area (Å²) in [7, 11) is 0. The number of aromatic nitrogens is 1. The van der Waals surface area contributed by atoms with E-state index in [1.807, 2.05) is 60.7 Å². The normalized spacial score (nSPS) is 15.4. The molecule has 4 aromatic rings. The number of benzene rings is 3. The summed E-state index contributed by atoms with van der Waals surface area (Å²) in [4.78, 5) is 4.52. The molecular formula is C33H28ClN9. The number of nitrogens with zero attached hydrogens (tertiary/aromatic N) is 5. The molecule has 9 nitrogen and oxygen atoms in total. The maximum absolute atomic E-state index is 10.1. The van der Waals surface area contributed by atoms with Crippen molar-refractivity contribution in [3.05, 3.63) is 112 Å². The Hall–Kier alpha value is -5.27. The molecular weight excluding hydrogens is 558 g/mol. The topological polar surface area (TPSA) is 136 Å². The van der Waals surface area contributed by atoms with Gasteiger partial charge in [0.15, 0.2) is 0 Å². The maximum Gasteiger partial charge on any atom is 0.103 e. The second-order valence-electron chi connectivity index (χ2n) is 10.6. The highest BCUT2D eigenvalue weighted by Gasteiger charge is 2.32. The van der Waals surface area contributed by atoms with Crippen LogP contribution in [0.15, 0.2) is 84.8 Å². The Morgan fingerprint density at radius 3 is 2.53 bits per heavy atom. The summed E-state index contributed by atoms with van der Waals surface area (Å²) < 4.78 is 0. The highest BCUT2D eigenvalue weighted by atomic mass is 35.5. The molecule has 6 rings (SSSR count). The van der Waals surface area contributed by atoms with Gasteiger partial charge in [-0.25, -0.2) is 0 Å². The molecule has 4 N–H and O–H groups in total. The highest BCUT2D eigenvalue weighted by molar-refractivity contribution is 6.35. The van der Waals surface area contributed by atoms with Crippen molar-refractivity contribution < 1.29 is 0 Å². The second kappa shape index (κ2) is 12.3. The van der Waals surface area contributed by atoms with E-state index < -0.39 is 0 Å². The van der Waals surface area contributed by atoms with Gasteiger partial charge in [-0.2, -0.15) is 15.8 Å². The van der Waals surface area contributed by atoms with Crippen molar-refractivity contribution in [3.63, 3.8) is 0 Å². The minimum Gasteiger partial charge on any atom is -0.377 e. The fraction of sp³-hybridized carbons (Fsp3) is 0.212. The van der Waals surface area contributed by atoms with Crippen LogP contribution in [0.4, 0.5) is 11.4 Å². The molecule has 1 aliphatic carbocycles. The summed E-state index contributed by atoms with van der Waals surface area (Å²) in [6.07, 6.45) is 6.74. The van der Waals surface area contributed by atoms with Crippen LogP contribution in [0.2, 0.25) is 5.02 Å². The first-order valence-electron chi connectivity index (χ1n) is 14.1. The summed E-state index contributed by atoms with van der Waals surface area (Å²) in [5, 5.41) is 39.3. The zero-order chi connectivity index (χ0) is 29.8. The predicted octanol–water partition coefficient (Wildman–Crippen LogP) is 6.57. The van der Waals surface area contributed by atoms with Gasteiger partial charge in [0.25, 0.3) is 0 Å². The van der Waals surface area contributed by atoms with Crippen molar-refractivity contribution >= 4 is 33.9 Å². The minimum absolute atomic E-state index is 0.206. The molecule has 0 radical (unpaired) electrons. The molecule has 43 heavy (non-hydrogen) atoms. The highest BCUT2D eigenvalue weighted by Crippen LogP contribution is 2.38. The number of hydrogen-bond donors (Lipinski definition) is 4. The van der Waals surface area contributed by atoms with Gasteiger partial charge in [-0.3, -0.25) is 9.99 Å². The van der Waals surface area contributed by atoms with Crippen molar-refractivity contribution in [1.29, 1.82) is 15.8 Å². The fourth-order valence-electron chi connectivity index (χ4n) is 5.31. The van der Waals surface area contributed by atoms with Crippen LogP contribution >= 0.6 is 11.6 Å². The van der Waals surface area contributed by atoms with E-state index in [1.165, 1.54) is 6.20 Å². The largest absolute Gasteiger partial charge is 0.377 e. The van der Waals surface area contributed by atoms with E-state index in [-0.39, 0.29) is 12.1 Å². The van der Waals surface area contributed by atoms with E-state index in [9.17, 15) is 15.8 Å². The van der Waals surface area contributed by atoms with E-state index in [1.54, 1.807) is 6.07 Å². The summed E-state index contributed by atoms with van der Waals surface area (Å²) in [5.41, 5.74) is 12.1. The maximum atomic E-state index is 10.1. The van der Waals surface area contributed by atoms with Gasteiger partial charge in [0.05, 0.1) is 57.3 Å². The van der Waals surface area contributed by atoms with Crippen LogP contribution in [-0.2, 0) is 0 Å². The fourth-order valence-corrected chi connectivity index (χ4v) is 5.58. The van der Waals surface area contributed by atoms with Crippen molar-refractivity contribution in [1.82, 2.24) is 21.0 Å². The number of pyridine rings is 1. The quantitative estimate of drug-likeness (QED) is 0.163. The zero-order valence-corrected chi connectivity index (χ0v) is 23.9. The van der Waals surface area contributed by atoms with Crippen LogP contribution in [-0.4, -0.2) is 16.0 Å². The van der Waals surface area contributed by atoms with Gasteiger partial charge >= 0.3 is 0 Å². The van der Waals surface area contributed by atoms with Crippen LogP contribution in [0.1, 0.15) is 60.0 Å². The number of rotatable bonds is 10. The molecule has 1 fully saturated rings. The van der Waals surface area contributed by atoms with Gasteiger partial charge in [0.2, 0.25) is 0 Å². The molecule has 1 unspecified atom stereocenters. The zero-order valence-electron chi connectivity index (χ0n) is 23.2.